The molecule has 2 aliphatic heterocycles. The van der Waals surface area contributed by atoms with E-state index >= 15 is 0 Å². The lowest BCUT2D eigenvalue weighted by Gasteiger charge is -2.40. The molecule has 5 rings (SSSR count). The molecule has 1 unspecified atom stereocenters. The van der Waals surface area contributed by atoms with E-state index in [0.717, 1.165) is 23.8 Å². The number of imidazole rings is 1. The lowest BCUT2D eigenvalue weighted by molar-refractivity contribution is 0.0253. The summed E-state index contributed by atoms with van der Waals surface area (Å²) in [6, 6.07) is 11.3. The average Bonchev–Trinajstić information content (AvgIpc) is 3.60. The largest absolute Gasteiger partial charge is 0.394 e. The van der Waals surface area contributed by atoms with Gasteiger partial charge in [0.1, 0.15) is 23.6 Å². The molecular formula is C31H38F3N5O3. The number of carbonyl (C=O) groups excluding carboxylic acids is 1. The number of hydrogen-bond acceptors (Lipinski definition) is 5. The van der Waals surface area contributed by atoms with Gasteiger partial charge in [-0.25, -0.2) is 22.9 Å². The minimum absolute atomic E-state index is 0.0162. The first kappa shape index (κ1) is 30.1. The van der Waals surface area contributed by atoms with Gasteiger partial charge in [-0.05, 0) is 49.4 Å². The Morgan fingerprint density at radius 1 is 1.19 bits per heavy atom. The molecule has 3 N–H and O–H groups in total. The van der Waals surface area contributed by atoms with Crippen molar-refractivity contribution < 1.29 is 27.8 Å². The van der Waals surface area contributed by atoms with E-state index in [9.17, 15) is 23.1 Å². The molecule has 2 fully saturated rings. The number of amides is 2. The van der Waals surface area contributed by atoms with Gasteiger partial charge in [0.25, 0.3) is 0 Å². The van der Waals surface area contributed by atoms with Crippen molar-refractivity contribution >= 4 is 6.03 Å². The van der Waals surface area contributed by atoms with Crippen LogP contribution >= 0.6 is 0 Å². The van der Waals surface area contributed by atoms with Crippen LogP contribution in [0.3, 0.4) is 0 Å². The summed E-state index contributed by atoms with van der Waals surface area (Å²) in [5.41, 5.74) is 1.22. The normalized spacial score (nSPS) is 20.8. The van der Waals surface area contributed by atoms with E-state index in [0.29, 0.717) is 45.0 Å². The Kier molecular flexibility index (Phi) is 9.81. The fourth-order valence-corrected chi connectivity index (χ4v) is 5.83. The fraction of sp³-hybridized carbons (Fsp3) is 0.484. The fourth-order valence-electron chi connectivity index (χ4n) is 5.83. The van der Waals surface area contributed by atoms with Crippen LogP contribution in [0.1, 0.15) is 37.2 Å². The number of hydrogen-bond donors (Lipinski definition) is 3. The van der Waals surface area contributed by atoms with Crippen molar-refractivity contribution in [2.24, 2.45) is 11.8 Å². The summed E-state index contributed by atoms with van der Waals surface area (Å²) in [7, 11) is 0. The number of aromatic nitrogens is 2. The van der Waals surface area contributed by atoms with Crippen LogP contribution in [0.5, 0.6) is 0 Å². The van der Waals surface area contributed by atoms with Gasteiger partial charge in [0.2, 0.25) is 0 Å². The smallest absolute Gasteiger partial charge is 0.318 e. The van der Waals surface area contributed by atoms with E-state index in [1.165, 1.54) is 0 Å². The number of benzene rings is 2. The number of nitrogens with one attached hydrogen (secondary N) is 2. The van der Waals surface area contributed by atoms with E-state index in [1.807, 2.05) is 34.9 Å². The van der Waals surface area contributed by atoms with Gasteiger partial charge in [-0.15, -0.1) is 0 Å². The molecule has 8 nitrogen and oxygen atoms in total. The van der Waals surface area contributed by atoms with Crippen molar-refractivity contribution in [3.63, 3.8) is 0 Å². The van der Waals surface area contributed by atoms with Gasteiger partial charge in [0.15, 0.2) is 0 Å². The highest BCUT2D eigenvalue weighted by Gasteiger charge is 2.40. The molecule has 42 heavy (non-hydrogen) atoms. The molecule has 0 radical (unpaired) electrons. The Hall–Kier alpha value is -3.41. The number of urea groups is 1. The minimum Gasteiger partial charge on any atom is -0.394 e. The van der Waals surface area contributed by atoms with Crippen LogP contribution in [0.4, 0.5) is 18.0 Å². The molecule has 226 valence electrons. The van der Waals surface area contributed by atoms with Crippen molar-refractivity contribution in [3.8, 4) is 11.3 Å². The van der Waals surface area contributed by atoms with E-state index in [4.69, 9.17) is 9.72 Å². The second-order valence-electron chi connectivity index (χ2n) is 11.2. The van der Waals surface area contributed by atoms with Gasteiger partial charge in [-0.3, -0.25) is 0 Å². The number of ether oxygens (including phenoxy) is 1. The number of rotatable bonds is 10. The Morgan fingerprint density at radius 3 is 2.64 bits per heavy atom. The third-order valence-corrected chi connectivity index (χ3v) is 8.11. The number of halogens is 3. The van der Waals surface area contributed by atoms with E-state index in [-0.39, 0.29) is 36.9 Å². The topological polar surface area (TPSA) is 91.6 Å². The first-order valence-corrected chi connectivity index (χ1v) is 14.5. The summed E-state index contributed by atoms with van der Waals surface area (Å²) < 4.78 is 51.7. The van der Waals surface area contributed by atoms with Crippen LogP contribution in [0.15, 0.2) is 54.7 Å². The third kappa shape index (κ3) is 6.96. The van der Waals surface area contributed by atoms with Gasteiger partial charge in [0, 0.05) is 57.1 Å². The van der Waals surface area contributed by atoms with E-state index in [1.54, 1.807) is 18.0 Å². The minimum atomic E-state index is -1.13. The first-order chi connectivity index (χ1) is 20.3. The van der Waals surface area contributed by atoms with Crippen molar-refractivity contribution in [2.75, 3.05) is 39.5 Å². The van der Waals surface area contributed by atoms with Gasteiger partial charge >= 0.3 is 6.03 Å². The highest BCUT2D eigenvalue weighted by atomic mass is 19.1. The standard InChI is InChI=1S/C31H38F3N5O3/c1-20(19-40)36-31(41)39(17-23-14-35-15-27(23)34)29(22-9-11-42-12-10-22)30-37-28(25-13-24(32)7-8-26(25)33)18-38(30)16-21-5-3-2-4-6-21/h2-8,13,18,20,22-23,27,29,35,40H,9-12,14-17,19H2,1H3,(H,36,41)/t20-,23-,27-,29?/m0/s1. The molecule has 3 aromatic rings. The number of aliphatic hydroxyl groups is 1. The summed E-state index contributed by atoms with van der Waals surface area (Å²) in [4.78, 5) is 20.4. The van der Waals surface area contributed by atoms with Gasteiger partial charge < -0.3 is 29.9 Å². The lowest BCUT2D eigenvalue weighted by atomic mass is 9.89. The van der Waals surface area contributed by atoms with Crippen molar-refractivity contribution in [1.82, 2.24) is 25.1 Å². The molecular weight excluding hydrogens is 547 g/mol. The number of nitrogens with zero attached hydrogens (tertiary/aromatic N) is 3. The number of alkyl halides is 1. The maximum Gasteiger partial charge on any atom is 0.318 e. The SMILES string of the molecule is C[C@@H](CO)NC(=O)N(C[C@@H]1CNC[C@@H]1F)C(c1nc(-c2cc(F)ccc2F)cn1Cc1ccccc1)C1CCOCC1. The molecule has 2 aromatic carbocycles. The zero-order valence-electron chi connectivity index (χ0n) is 23.7. The molecule has 3 heterocycles. The first-order valence-electron chi connectivity index (χ1n) is 14.5. The Labute approximate surface area is 243 Å². The average molecular weight is 586 g/mol. The Bertz CT molecular complexity index is 1330. The maximum absolute atomic E-state index is 15.0. The lowest BCUT2D eigenvalue weighted by Crippen LogP contribution is -2.51. The quantitative estimate of drug-likeness (QED) is 0.330. The highest BCUT2D eigenvalue weighted by Crippen LogP contribution is 2.38. The predicted octanol–water partition coefficient (Wildman–Crippen LogP) is 4.29. The molecule has 2 aliphatic rings. The second kappa shape index (κ2) is 13.7. The third-order valence-electron chi connectivity index (χ3n) is 8.11. The number of aliphatic hydroxyl groups excluding tert-OH is 1. The second-order valence-corrected chi connectivity index (χ2v) is 11.2. The molecule has 1 aromatic heterocycles. The van der Waals surface area contributed by atoms with Gasteiger partial charge in [-0.2, -0.15) is 0 Å². The number of carbonyl (C=O) groups is 1. The molecule has 0 saturated carbocycles. The van der Waals surface area contributed by atoms with Crippen LogP contribution in [0.25, 0.3) is 11.3 Å². The van der Waals surface area contributed by atoms with Crippen molar-refractivity contribution in [2.45, 2.75) is 44.6 Å². The zero-order valence-corrected chi connectivity index (χ0v) is 23.7. The summed E-state index contributed by atoms with van der Waals surface area (Å²) >= 11 is 0. The van der Waals surface area contributed by atoms with Gasteiger partial charge in [0.05, 0.1) is 24.4 Å². The zero-order chi connectivity index (χ0) is 29.6. The molecule has 11 heteroatoms. The van der Waals surface area contributed by atoms with Crippen molar-refractivity contribution in [3.05, 3.63) is 77.8 Å². The van der Waals surface area contributed by atoms with E-state index < -0.39 is 41.8 Å². The van der Waals surface area contributed by atoms with Crippen LogP contribution in [-0.2, 0) is 11.3 Å². The van der Waals surface area contributed by atoms with Crippen LogP contribution in [-0.4, -0.2) is 77.3 Å². The van der Waals surface area contributed by atoms with Crippen molar-refractivity contribution in [1.29, 1.82) is 0 Å². The summed E-state index contributed by atoms with van der Waals surface area (Å²) in [6.45, 7) is 3.52. The summed E-state index contributed by atoms with van der Waals surface area (Å²) in [5.74, 6) is -1.24. The Morgan fingerprint density at radius 2 is 1.95 bits per heavy atom. The molecule has 0 bridgehead atoms. The van der Waals surface area contributed by atoms with Crippen LogP contribution in [0.2, 0.25) is 0 Å². The molecule has 4 atom stereocenters. The molecule has 2 saturated heterocycles. The van der Waals surface area contributed by atoms with Crippen LogP contribution < -0.4 is 10.6 Å². The van der Waals surface area contributed by atoms with E-state index in [2.05, 4.69) is 10.6 Å². The Balaban J connectivity index is 1.64. The monoisotopic (exact) mass is 585 g/mol. The summed E-state index contributed by atoms with van der Waals surface area (Å²) in [5, 5.41) is 15.6. The maximum atomic E-state index is 15.0. The highest BCUT2D eigenvalue weighted by molar-refractivity contribution is 5.75. The van der Waals surface area contributed by atoms with Gasteiger partial charge in [-0.1, -0.05) is 30.3 Å². The molecule has 0 aliphatic carbocycles. The molecule has 0 spiro atoms. The summed E-state index contributed by atoms with van der Waals surface area (Å²) in [6.07, 6.45) is 1.82. The molecule has 2 amide bonds. The van der Waals surface area contributed by atoms with Crippen LogP contribution in [0, 0.1) is 23.5 Å². The predicted molar refractivity (Wildman–Crippen MR) is 152 cm³/mol.